The van der Waals surface area contributed by atoms with Crippen molar-refractivity contribution in [3.8, 4) is 0 Å². The van der Waals surface area contributed by atoms with Gasteiger partial charge < -0.3 is 5.73 Å². The molecule has 2 N–H and O–H groups in total. The molecule has 1 unspecified atom stereocenters. The first-order valence-corrected chi connectivity index (χ1v) is 6.03. The first-order valence-electron chi connectivity index (χ1n) is 5.27. The highest BCUT2D eigenvalue weighted by atomic mass is 35.5. The summed E-state index contributed by atoms with van der Waals surface area (Å²) in [7, 11) is 0. The molecule has 88 valence electrons. The summed E-state index contributed by atoms with van der Waals surface area (Å²) >= 11 is 11.9. The summed E-state index contributed by atoms with van der Waals surface area (Å²) in [5.74, 6) is 0. The number of benzene rings is 1. The van der Waals surface area contributed by atoms with Crippen LogP contribution in [0.5, 0.6) is 0 Å². The summed E-state index contributed by atoms with van der Waals surface area (Å²) in [6.45, 7) is 0. The van der Waals surface area contributed by atoms with Crippen LogP contribution in [0.2, 0.25) is 10.0 Å². The van der Waals surface area contributed by atoms with Gasteiger partial charge in [0.15, 0.2) is 0 Å². The molecule has 0 spiro atoms. The minimum Gasteiger partial charge on any atom is -0.324 e. The SMILES string of the molecule is NC(Cc1ncc(Cl)cc1Cl)c1ccccc1. The number of pyridine rings is 1. The van der Waals surface area contributed by atoms with Crippen molar-refractivity contribution < 1.29 is 0 Å². The van der Waals surface area contributed by atoms with E-state index in [0.29, 0.717) is 16.5 Å². The zero-order chi connectivity index (χ0) is 12.3. The van der Waals surface area contributed by atoms with Crippen molar-refractivity contribution in [2.75, 3.05) is 0 Å². The van der Waals surface area contributed by atoms with E-state index in [2.05, 4.69) is 4.98 Å². The fraction of sp³-hybridized carbons (Fsp3) is 0.154. The first kappa shape index (κ1) is 12.4. The number of aromatic nitrogens is 1. The summed E-state index contributed by atoms with van der Waals surface area (Å²) in [6.07, 6.45) is 2.18. The molecule has 0 aliphatic carbocycles. The van der Waals surface area contributed by atoms with Crippen molar-refractivity contribution in [3.63, 3.8) is 0 Å². The summed E-state index contributed by atoms with van der Waals surface area (Å²) in [5.41, 5.74) is 7.94. The van der Waals surface area contributed by atoms with Crippen molar-refractivity contribution in [1.29, 1.82) is 0 Å². The van der Waals surface area contributed by atoms with Crippen LogP contribution < -0.4 is 5.73 Å². The molecule has 2 nitrogen and oxygen atoms in total. The predicted octanol–water partition coefficient (Wildman–Crippen LogP) is 3.63. The molecule has 0 aliphatic heterocycles. The van der Waals surface area contributed by atoms with Crippen LogP contribution in [-0.2, 0) is 6.42 Å². The van der Waals surface area contributed by atoms with Gasteiger partial charge in [0.25, 0.3) is 0 Å². The van der Waals surface area contributed by atoms with Crippen LogP contribution in [0.4, 0.5) is 0 Å². The van der Waals surface area contributed by atoms with E-state index >= 15 is 0 Å². The van der Waals surface area contributed by atoms with Crippen molar-refractivity contribution in [2.24, 2.45) is 5.73 Å². The van der Waals surface area contributed by atoms with Crippen LogP contribution in [0, 0.1) is 0 Å². The fourth-order valence-corrected chi connectivity index (χ4v) is 2.08. The minimum absolute atomic E-state index is 0.109. The maximum Gasteiger partial charge on any atom is 0.0637 e. The number of hydrogen-bond acceptors (Lipinski definition) is 2. The largest absolute Gasteiger partial charge is 0.324 e. The molecule has 0 bridgehead atoms. The molecular weight excluding hydrogens is 255 g/mol. The second kappa shape index (κ2) is 5.50. The van der Waals surface area contributed by atoms with Gasteiger partial charge in [-0.2, -0.15) is 0 Å². The van der Waals surface area contributed by atoms with E-state index in [-0.39, 0.29) is 6.04 Å². The number of halogens is 2. The van der Waals surface area contributed by atoms with Crippen molar-refractivity contribution in [3.05, 3.63) is 63.9 Å². The Labute approximate surface area is 110 Å². The Balaban J connectivity index is 2.16. The molecule has 1 aromatic carbocycles. The summed E-state index contributed by atoms with van der Waals surface area (Å²) in [6, 6.07) is 11.5. The van der Waals surface area contributed by atoms with Crippen LogP contribution in [-0.4, -0.2) is 4.98 Å². The summed E-state index contributed by atoms with van der Waals surface area (Å²) < 4.78 is 0. The van der Waals surface area contributed by atoms with Gasteiger partial charge in [-0.15, -0.1) is 0 Å². The molecule has 1 atom stereocenters. The van der Waals surface area contributed by atoms with E-state index in [0.717, 1.165) is 11.3 Å². The first-order chi connectivity index (χ1) is 8.16. The zero-order valence-electron chi connectivity index (χ0n) is 9.11. The molecule has 1 heterocycles. The highest BCUT2D eigenvalue weighted by molar-refractivity contribution is 6.34. The van der Waals surface area contributed by atoms with E-state index in [1.165, 1.54) is 0 Å². The zero-order valence-corrected chi connectivity index (χ0v) is 10.6. The lowest BCUT2D eigenvalue weighted by atomic mass is 10.0. The fourth-order valence-electron chi connectivity index (χ4n) is 1.62. The minimum atomic E-state index is -0.109. The normalized spacial score (nSPS) is 12.4. The Hall–Kier alpha value is -1.09. The predicted molar refractivity (Wildman–Crippen MR) is 71.3 cm³/mol. The molecule has 4 heteroatoms. The topological polar surface area (TPSA) is 38.9 Å². The van der Waals surface area contributed by atoms with Crippen molar-refractivity contribution in [1.82, 2.24) is 4.98 Å². The lowest BCUT2D eigenvalue weighted by Gasteiger charge is -2.12. The number of nitrogens with zero attached hydrogens (tertiary/aromatic N) is 1. The molecule has 0 amide bonds. The Morgan fingerprint density at radius 3 is 2.53 bits per heavy atom. The molecule has 0 aliphatic rings. The highest BCUT2D eigenvalue weighted by Crippen LogP contribution is 2.22. The van der Waals surface area contributed by atoms with E-state index < -0.39 is 0 Å². The lowest BCUT2D eigenvalue weighted by Crippen LogP contribution is -2.14. The third-order valence-electron chi connectivity index (χ3n) is 2.53. The molecule has 0 fully saturated rings. The average molecular weight is 267 g/mol. The van der Waals surface area contributed by atoms with Gasteiger partial charge in [-0.1, -0.05) is 53.5 Å². The van der Waals surface area contributed by atoms with Gasteiger partial charge in [0.1, 0.15) is 0 Å². The van der Waals surface area contributed by atoms with Gasteiger partial charge in [-0.3, -0.25) is 4.98 Å². The molecular formula is C13H12Cl2N2. The van der Waals surface area contributed by atoms with Crippen molar-refractivity contribution in [2.45, 2.75) is 12.5 Å². The Bertz CT molecular complexity index is 500. The van der Waals surface area contributed by atoms with E-state index in [9.17, 15) is 0 Å². The molecule has 2 aromatic rings. The second-order valence-corrected chi connectivity index (χ2v) is 4.65. The van der Waals surface area contributed by atoms with E-state index in [1.807, 2.05) is 30.3 Å². The standard InChI is InChI=1S/C13H12Cl2N2/c14-10-6-11(15)13(17-8-10)7-12(16)9-4-2-1-3-5-9/h1-6,8,12H,7,16H2. The maximum absolute atomic E-state index is 6.10. The lowest BCUT2D eigenvalue weighted by molar-refractivity contribution is 0.707. The Morgan fingerprint density at radius 2 is 1.88 bits per heavy atom. The van der Waals surface area contributed by atoms with Gasteiger partial charge in [0.2, 0.25) is 0 Å². The third-order valence-corrected chi connectivity index (χ3v) is 3.06. The quantitative estimate of drug-likeness (QED) is 0.922. The molecule has 0 radical (unpaired) electrons. The van der Waals surface area contributed by atoms with Crippen molar-refractivity contribution >= 4 is 23.2 Å². The molecule has 0 saturated heterocycles. The Kier molecular flexibility index (Phi) is 4.00. The van der Waals surface area contributed by atoms with E-state index in [1.54, 1.807) is 12.3 Å². The Morgan fingerprint density at radius 1 is 1.18 bits per heavy atom. The van der Waals surface area contributed by atoms with E-state index in [4.69, 9.17) is 28.9 Å². The molecule has 0 saturated carbocycles. The molecule has 17 heavy (non-hydrogen) atoms. The van der Waals surface area contributed by atoms with Crippen LogP contribution in [0.1, 0.15) is 17.3 Å². The smallest absolute Gasteiger partial charge is 0.0637 e. The van der Waals surface area contributed by atoms with Crippen LogP contribution in [0.15, 0.2) is 42.6 Å². The summed E-state index contributed by atoms with van der Waals surface area (Å²) in [4.78, 5) is 4.20. The second-order valence-electron chi connectivity index (χ2n) is 3.80. The van der Waals surface area contributed by atoms with Gasteiger partial charge in [-0.25, -0.2) is 0 Å². The monoisotopic (exact) mass is 266 g/mol. The molecule has 2 rings (SSSR count). The van der Waals surface area contributed by atoms with Gasteiger partial charge >= 0.3 is 0 Å². The van der Waals surface area contributed by atoms with Gasteiger partial charge in [-0.05, 0) is 11.6 Å². The number of nitrogens with two attached hydrogens (primary N) is 1. The van der Waals surface area contributed by atoms with Crippen LogP contribution in [0.25, 0.3) is 0 Å². The van der Waals surface area contributed by atoms with Crippen LogP contribution >= 0.6 is 23.2 Å². The number of rotatable bonds is 3. The third kappa shape index (κ3) is 3.19. The van der Waals surface area contributed by atoms with Gasteiger partial charge in [0, 0.05) is 18.7 Å². The highest BCUT2D eigenvalue weighted by Gasteiger charge is 2.10. The summed E-state index contributed by atoms with van der Waals surface area (Å²) in [5, 5.41) is 1.09. The number of hydrogen-bond donors (Lipinski definition) is 1. The maximum atomic E-state index is 6.10. The van der Waals surface area contributed by atoms with Crippen LogP contribution in [0.3, 0.4) is 0 Å². The van der Waals surface area contributed by atoms with Gasteiger partial charge in [0.05, 0.1) is 15.7 Å². The average Bonchev–Trinajstić information content (AvgIpc) is 2.34. The molecule has 1 aromatic heterocycles.